The molecule has 1 aliphatic rings. The van der Waals surface area contributed by atoms with Crippen LogP contribution in [0.4, 0.5) is 13.2 Å². The van der Waals surface area contributed by atoms with Crippen molar-refractivity contribution in [3.05, 3.63) is 24.0 Å². The number of nitrogens with one attached hydrogen (secondary N) is 1. The van der Waals surface area contributed by atoms with E-state index in [1.54, 1.807) is 14.0 Å². The number of nitrogens with zero attached hydrogens (tertiary/aromatic N) is 1. The van der Waals surface area contributed by atoms with Crippen molar-refractivity contribution >= 4 is 6.21 Å². The van der Waals surface area contributed by atoms with Crippen LogP contribution >= 0.6 is 0 Å². The first-order chi connectivity index (χ1) is 6.86. The Balaban J connectivity index is 2.84. The maximum Gasteiger partial charge on any atom is 0.433 e. The Labute approximate surface area is 86.6 Å². The minimum atomic E-state index is -4.36. The molecule has 5 heteroatoms. The fourth-order valence-corrected chi connectivity index (χ4v) is 1.43. The summed E-state index contributed by atoms with van der Waals surface area (Å²) >= 11 is 0. The molecule has 0 radical (unpaired) electrons. The lowest BCUT2D eigenvalue weighted by Crippen LogP contribution is -2.26. The van der Waals surface area contributed by atoms with E-state index >= 15 is 0 Å². The molecule has 2 unspecified atom stereocenters. The van der Waals surface area contributed by atoms with Crippen molar-refractivity contribution in [3.63, 3.8) is 0 Å². The Hall–Kier alpha value is -1.26. The highest BCUT2D eigenvalue weighted by molar-refractivity contribution is 5.68. The maximum atomic E-state index is 12.3. The molecule has 0 aromatic heterocycles. The van der Waals surface area contributed by atoms with Crippen LogP contribution in [-0.4, -0.2) is 19.4 Å². The Morgan fingerprint density at radius 1 is 1.53 bits per heavy atom. The Morgan fingerprint density at radius 2 is 2.13 bits per heavy atom. The van der Waals surface area contributed by atoms with E-state index in [9.17, 15) is 13.2 Å². The summed E-state index contributed by atoms with van der Waals surface area (Å²) in [4.78, 5) is 3.41. The van der Waals surface area contributed by atoms with Crippen molar-refractivity contribution in [2.75, 3.05) is 7.05 Å². The summed E-state index contributed by atoms with van der Waals surface area (Å²) in [6.45, 7) is 5.43. The van der Waals surface area contributed by atoms with E-state index in [0.29, 0.717) is 5.70 Å². The average Bonchev–Trinajstić information content (AvgIpc) is 2.15. The molecule has 1 rings (SSSR count). The topological polar surface area (TPSA) is 24.4 Å². The minimum Gasteiger partial charge on any atom is -0.391 e. The first-order valence-corrected chi connectivity index (χ1v) is 4.56. The second-order valence-corrected chi connectivity index (χ2v) is 3.49. The van der Waals surface area contributed by atoms with Gasteiger partial charge >= 0.3 is 6.18 Å². The third-order valence-electron chi connectivity index (χ3n) is 2.38. The molecule has 0 saturated heterocycles. The first kappa shape index (κ1) is 11.8. The molecule has 84 valence electrons. The molecule has 0 spiro atoms. The van der Waals surface area contributed by atoms with E-state index in [-0.39, 0.29) is 11.8 Å². The fraction of sp³-hybridized carbons (Fsp3) is 0.500. The Bertz CT molecular complexity index is 315. The van der Waals surface area contributed by atoms with Crippen LogP contribution in [0.25, 0.3) is 0 Å². The van der Waals surface area contributed by atoms with Crippen LogP contribution in [0.2, 0.25) is 0 Å². The zero-order valence-corrected chi connectivity index (χ0v) is 8.60. The minimum absolute atomic E-state index is 0.180. The molecule has 0 aliphatic carbocycles. The highest BCUT2D eigenvalue weighted by Gasteiger charge is 2.36. The van der Waals surface area contributed by atoms with Gasteiger partial charge in [-0.3, -0.25) is 4.99 Å². The second-order valence-electron chi connectivity index (χ2n) is 3.49. The summed E-state index contributed by atoms with van der Waals surface area (Å²) in [6, 6.07) is 0. The van der Waals surface area contributed by atoms with Crippen LogP contribution < -0.4 is 5.32 Å². The van der Waals surface area contributed by atoms with E-state index in [0.717, 1.165) is 6.08 Å². The van der Waals surface area contributed by atoms with Crippen LogP contribution in [0.1, 0.15) is 6.92 Å². The molecule has 0 fully saturated rings. The predicted molar refractivity (Wildman–Crippen MR) is 53.5 cm³/mol. The summed E-state index contributed by atoms with van der Waals surface area (Å²) in [5, 5.41) is 2.82. The largest absolute Gasteiger partial charge is 0.433 e. The van der Waals surface area contributed by atoms with Crippen molar-refractivity contribution in [1.29, 1.82) is 0 Å². The van der Waals surface area contributed by atoms with Gasteiger partial charge < -0.3 is 5.32 Å². The third kappa shape index (κ3) is 2.61. The van der Waals surface area contributed by atoms with Crippen LogP contribution in [0.5, 0.6) is 0 Å². The quantitative estimate of drug-likeness (QED) is 0.756. The van der Waals surface area contributed by atoms with Gasteiger partial charge in [-0.25, -0.2) is 0 Å². The summed E-state index contributed by atoms with van der Waals surface area (Å²) in [6.07, 6.45) is -1.93. The predicted octanol–water partition coefficient (Wildman–Crippen LogP) is 2.50. The van der Waals surface area contributed by atoms with E-state index in [2.05, 4.69) is 16.9 Å². The van der Waals surface area contributed by atoms with Crippen LogP contribution in [0.3, 0.4) is 0 Å². The molecule has 1 aliphatic heterocycles. The van der Waals surface area contributed by atoms with Crippen LogP contribution in [-0.2, 0) is 0 Å². The smallest absolute Gasteiger partial charge is 0.391 e. The van der Waals surface area contributed by atoms with E-state index in [1.165, 1.54) is 6.21 Å². The van der Waals surface area contributed by atoms with Crippen molar-refractivity contribution in [2.45, 2.75) is 13.1 Å². The second kappa shape index (κ2) is 4.08. The standard InChI is InChI=1S/C10H13F3N2/c1-6-4-9(10(11,12)13)15-5-8(6)7(2)14-3/h4-6,8,14H,2H2,1,3H3. The molecule has 2 atom stereocenters. The maximum absolute atomic E-state index is 12.3. The van der Waals surface area contributed by atoms with Gasteiger partial charge in [-0.05, 0) is 12.0 Å². The van der Waals surface area contributed by atoms with Gasteiger partial charge in [-0.15, -0.1) is 0 Å². The average molecular weight is 218 g/mol. The molecule has 0 saturated carbocycles. The summed E-state index contributed by atoms with van der Waals surface area (Å²) in [5.74, 6) is -0.430. The zero-order valence-electron chi connectivity index (χ0n) is 8.60. The fourth-order valence-electron chi connectivity index (χ4n) is 1.43. The molecular weight excluding hydrogens is 205 g/mol. The summed E-state index contributed by atoms with van der Waals surface area (Å²) in [7, 11) is 1.69. The van der Waals surface area contributed by atoms with Gasteiger partial charge in [-0.1, -0.05) is 13.5 Å². The highest BCUT2D eigenvalue weighted by atomic mass is 19.4. The van der Waals surface area contributed by atoms with Gasteiger partial charge in [0.2, 0.25) is 0 Å². The number of aliphatic imine (C=N–C) groups is 1. The Kier molecular flexibility index (Phi) is 3.21. The van der Waals surface area contributed by atoms with Crippen molar-refractivity contribution in [3.8, 4) is 0 Å². The van der Waals surface area contributed by atoms with Gasteiger partial charge in [0.15, 0.2) is 0 Å². The molecule has 0 aromatic carbocycles. The van der Waals surface area contributed by atoms with Gasteiger partial charge in [0.1, 0.15) is 5.70 Å². The normalized spacial score (nSPS) is 26.1. The number of hydrogen-bond acceptors (Lipinski definition) is 2. The molecule has 2 nitrogen and oxygen atoms in total. The van der Waals surface area contributed by atoms with Gasteiger partial charge in [0.25, 0.3) is 0 Å². The molecule has 0 amide bonds. The van der Waals surface area contributed by atoms with Gasteiger partial charge in [0, 0.05) is 24.9 Å². The van der Waals surface area contributed by atoms with Gasteiger partial charge in [-0.2, -0.15) is 13.2 Å². The zero-order chi connectivity index (χ0) is 11.6. The van der Waals surface area contributed by atoms with Gasteiger partial charge in [0.05, 0.1) is 0 Å². The molecule has 1 N–H and O–H groups in total. The number of rotatable bonds is 2. The monoisotopic (exact) mass is 218 g/mol. The number of halogens is 3. The lowest BCUT2D eigenvalue weighted by molar-refractivity contribution is -0.0931. The number of hydrogen-bond donors (Lipinski definition) is 1. The van der Waals surface area contributed by atoms with E-state index in [4.69, 9.17) is 0 Å². The van der Waals surface area contributed by atoms with E-state index in [1.807, 2.05) is 0 Å². The summed E-state index contributed by atoms with van der Waals surface area (Å²) in [5.41, 5.74) is -0.154. The lowest BCUT2D eigenvalue weighted by Gasteiger charge is -2.24. The SMILES string of the molecule is C=C(NC)C1C=NC(C(F)(F)F)=CC1C. The number of allylic oxidation sites excluding steroid dienone is 3. The molecule has 0 bridgehead atoms. The number of alkyl halides is 3. The summed E-state index contributed by atoms with van der Waals surface area (Å²) < 4.78 is 36.9. The van der Waals surface area contributed by atoms with Crippen molar-refractivity contribution in [1.82, 2.24) is 5.32 Å². The van der Waals surface area contributed by atoms with Crippen LogP contribution in [0, 0.1) is 11.8 Å². The van der Waals surface area contributed by atoms with Crippen molar-refractivity contribution < 1.29 is 13.2 Å². The first-order valence-electron chi connectivity index (χ1n) is 4.56. The lowest BCUT2D eigenvalue weighted by atomic mass is 9.89. The molecule has 1 heterocycles. The van der Waals surface area contributed by atoms with E-state index < -0.39 is 11.9 Å². The third-order valence-corrected chi connectivity index (χ3v) is 2.38. The van der Waals surface area contributed by atoms with Crippen molar-refractivity contribution in [2.24, 2.45) is 16.8 Å². The highest BCUT2D eigenvalue weighted by Crippen LogP contribution is 2.32. The molecule has 15 heavy (non-hydrogen) atoms. The molecule has 0 aromatic rings. The van der Waals surface area contributed by atoms with Crippen LogP contribution in [0.15, 0.2) is 29.0 Å². The molecular formula is C10H13F3N2. The Morgan fingerprint density at radius 3 is 2.53 bits per heavy atom.